The zero-order chi connectivity index (χ0) is 23.8. The number of ether oxygens (including phenoxy) is 1. The van der Waals surface area contributed by atoms with Crippen LogP contribution in [0.15, 0.2) is 43.0 Å². The lowest BCUT2D eigenvalue weighted by Gasteiger charge is -2.39. The molecule has 1 spiro atoms. The molecule has 6 atom stereocenters. The molecule has 178 valence electrons. The molecule has 0 radical (unpaired) electrons. The molecule has 3 aliphatic heterocycles. The Morgan fingerprint density at radius 2 is 2.09 bits per heavy atom. The number of hydrogen-bond donors (Lipinski definition) is 2. The number of carboxylic acid groups (broad SMARTS) is 1. The van der Waals surface area contributed by atoms with Gasteiger partial charge in [0, 0.05) is 13.1 Å². The molecule has 2 amide bonds. The molecule has 1 aromatic carbocycles. The first-order valence-corrected chi connectivity index (χ1v) is 11.7. The predicted octanol–water partition coefficient (Wildman–Crippen LogP) is 1.99. The summed E-state index contributed by atoms with van der Waals surface area (Å²) in [5.41, 5.74) is -0.511. The highest BCUT2D eigenvalue weighted by atomic mass is 16.5. The first-order chi connectivity index (χ1) is 15.9. The van der Waals surface area contributed by atoms with E-state index in [0.29, 0.717) is 31.5 Å². The number of benzene rings is 1. The normalized spacial score (nSPS) is 30.8. The van der Waals surface area contributed by atoms with E-state index in [2.05, 4.69) is 6.58 Å². The second-order valence-corrected chi connectivity index (χ2v) is 9.18. The Labute approximate surface area is 193 Å². The molecule has 0 aliphatic carbocycles. The minimum absolute atomic E-state index is 0.278. The summed E-state index contributed by atoms with van der Waals surface area (Å²) in [4.78, 5) is 43.1. The van der Waals surface area contributed by atoms with E-state index in [9.17, 15) is 24.6 Å². The van der Waals surface area contributed by atoms with E-state index in [1.807, 2.05) is 25.1 Å². The number of aliphatic hydroxyl groups excluding tert-OH is 1. The van der Waals surface area contributed by atoms with Crippen LogP contribution in [-0.4, -0.2) is 75.2 Å². The zero-order valence-corrected chi connectivity index (χ0v) is 18.9. The minimum atomic E-state index is -1.20. The summed E-state index contributed by atoms with van der Waals surface area (Å²) < 4.78 is 6.26. The van der Waals surface area contributed by atoms with Crippen molar-refractivity contribution in [1.29, 1.82) is 0 Å². The van der Waals surface area contributed by atoms with Crippen molar-refractivity contribution in [2.75, 3.05) is 19.7 Å². The van der Waals surface area contributed by atoms with E-state index in [4.69, 9.17) is 4.74 Å². The molecule has 0 unspecified atom stereocenters. The molecule has 8 nitrogen and oxygen atoms in total. The van der Waals surface area contributed by atoms with Gasteiger partial charge < -0.3 is 24.7 Å². The fourth-order valence-electron chi connectivity index (χ4n) is 5.99. The molecule has 2 bridgehead atoms. The summed E-state index contributed by atoms with van der Waals surface area (Å²) in [6.45, 7) is 6.24. The van der Waals surface area contributed by atoms with Crippen LogP contribution in [0.1, 0.15) is 44.2 Å². The van der Waals surface area contributed by atoms with Crippen molar-refractivity contribution in [1.82, 2.24) is 9.80 Å². The third-order valence-corrected chi connectivity index (χ3v) is 7.39. The van der Waals surface area contributed by atoms with Gasteiger partial charge in [0.05, 0.1) is 30.6 Å². The van der Waals surface area contributed by atoms with Crippen LogP contribution in [0.4, 0.5) is 0 Å². The van der Waals surface area contributed by atoms with E-state index in [-0.39, 0.29) is 12.5 Å². The Hall–Kier alpha value is -2.71. The van der Waals surface area contributed by atoms with Crippen molar-refractivity contribution in [3.05, 3.63) is 48.6 Å². The standard InChI is InChI=1S/C25H32N2O6/c1-3-5-14-26(13-4-2)23(30)21-25-12-11-18(33-25)19(24(31)32)20(25)22(29)27(21)17(15-28)16-9-7-6-8-10-16/h4,6-10,17-21,28H,2-3,5,11-15H2,1H3,(H,31,32)/t17-,18+,19-,20-,21+,25-/m1/s1. The summed E-state index contributed by atoms with van der Waals surface area (Å²) in [5, 5.41) is 20.3. The van der Waals surface area contributed by atoms with Crippen molar-refractivity contribution >= 4 is 17.8 Å². The fraction of sp³-hybridized carbons (Fsp3) is 0.560. The monoisotopic (exact) mass is 456 g/mol. The Morgan fingerprint density at radius 3 is 2.70 bits per heavy atom. The van der Waals surface area contributed by atoms with Crippen LogP contribution in [0.5, 0.6) is 0 Å². The average Bonchev–Trinajstić information content (AvgIpc) is 3.45. The van der Waals surface area contributed by atoms with Gasteiger partial charge in [-0.1, -0.05) is 49.8 Å². The topological polar surface area (TPSA) is 107 Å². The maximum atomic E-state index is 14.0. The Morgan fingerprint density at radius 1 is 1.36 bits per heavy atom. The van der Waals surface area contributed by atoms with Crippen LogP contribution in [0.2, 0.25) is 0 Å². The summed E-state index contributed by atoms with van der Waals surface area (Å²) in [6.07, 6.45) is 3.68. The molecule has 3 aliphatic rings. The van der Waals surface area contributed by atoms with Gasteiger partial charge in [0.15, 0.2) is 0 Å². The number of nitrogens with zero attached hydrogens (tertiary/aromatic N) is 2. The highest BCUT2D eigenvalue weighted by Gasteiger charge is 2.75. The lowest BCUT2D eigenvalue weighted by molar-refractivity contribution is -0.153. The average molecular weight is 457 g/mol. The number of likely N-dealkylation sites (tertiary alicyclic amines) is 1. The molecule has 8 heteroatoms. The largest absolute Gasteiger partial charge is 0.481 e. The Balaban J connectivity index is 1.81. The smallest absolute Gasteiger partial charge is 0.310 e. The molecule has 3 saturated heterocycles. The van der Waals surface area contributed by atoms with Gasteiger partial charge in [-0.25, -0.2) is 0 Å². The maximum absolute atomic E-state index is 14.0. The number of amides is 2. The summed E-state index contributed by atoms with van der Waals surface area (Å²) in [7, 11) is 0. The number of unbranched alkanes of at least 4 members (excludes halogenated alkanes) is 1. The van der Waals surface area contributed by atoms with Crippen LogP contribution in [0, 0.1) is 11.8 Å². The van der Waals surface area contributed by atoms with Crippen LogP contribution < -0.4 is 0 Å². The summed E-state index contributed by atoms with van der Waals surface area (Å²) in [5.74, 6) is -3.73. The van der Waals surface area contributed by atoms with E-state index in [0.717, 1.165) is 12.8 Å². The number of carbonyl (C=O) groups excluding carboxylic acids is 2. The quantitative estimate of drug-likeness (QED) is 0.522. The van der Waals surface area contributed by atoms with Crippen LogP contribution in [0.3, 0.4) is 0 Å². The molecule has 3 heterocycles. The molecule has 0 saturated carbocycles. The van der Waals surface area contributed by atoms with Gasteiger partial charge in [0.1, 0.15) is 11.6 Å². The lowest BCUT2D eigenvalue weighted by atomic mass is 9.70. The summed E-state index contributed by atoms with van der Waals surface area (Å²) in [6, 6.07) is 7.27. The second-order valence-electron chi connectivity index (χ2n) is 9.18. The molecule has 1 aromatic rings. The van der Waals surface area contributed by atoms with Gasteiger partial charge in [-0.3, -0.25) is 14.4 Å². The third kappa shape index (κ3) is 3.65. The molecular weight excluding hydrogens is 424 g/mol. The molecular formula is C25H32N2O6. The number of aliphatic hydroxyl groups is 1. The SMILES string of the molecule is C=CCN(CCCC)C(=O)[C@@H]1N([C@H](CO)c2ccccc2)C(=O)[C@H]2[C@H](C(=O)O)[C@@H]3CC[C@]12O3. The van der Waals surface area contributed by atoms with Gasteiger partial charge in [-0.2, -0.15) is 0 Å². The van der Waals surface area contributed by atoms with Gasteiger partial charge in [0.2, 0.25) is 11.8 Å². The van der Waals surface area contributed by atoms with Gasteiger partial charge in [-0.15, -0.1) is 6.58 Å². The van der Waals surface area contributed by atoms with Crippen LogP contribution in [-0.2, 0) is 19.1 Å². The van der Waals surface area contributed by atoms with E-state index in [1.54, 1.807) is 23.1 Å². The van der Waals surface area contributed by atoms with Crippen molar-refractivity contribution in [3.63, 3.8) is 0 Å². The van der Waals surface area contributed by atoms with Gasteiger partial charge >= 0.3 is 5.97 Å². The van der Waals surface area contributed by atoms with Gasteiger partial charge in [0.25, 0.3) is 0 Å². The Kier molecular flexibility index (Phi) is 6.59. The molecule has 33 heavy (non-hydrogen) atoms. The Bertz CT molecular complexity index is 921. The van der Waals surface area contributed by atoms with Crippen molar-refractivity contribution in [2.45, 2.75) is 56.4 Å². The molecule has 3 fully saturated rings. The first-order valence-electron chi connectivity index (χ1n) is 11.7. The molecule has 4 rings (SSSR count). The third-order valence-electron chi connectivity index (χ3n) is 7.39. The van der Waals surface area contributed by atoms with Gasteiger partial charge in [-0.05, 0) is 24.8 Å². The highest BCUT2D eigenvalue weighted by molar-refractivity contribution is 5.98. The lowest BCUT2D eigenvalue weighted by Crippen LogP contribution is -2.57. The zero-order valence-electron chi connectivity index (χ0n) is 18.9. The molecule has 0 aromatic heterocycles. The van der Waals surface area contributed by atoms with Crippen molar-refractivity contribution in [2.24, 2.45) is 11.8 Å². The maximum Gasteiger partial charge on any atom is 0.310 e. The number of hydrogen-bond acceptors (Lipinski definition) is 5. The minimum Gasteiger partial charge on any atom is -0.481 e. The fourth-order valence-corrected chi connectivity index (χ4v) is 5.99. The van der Waals surface area contributed by atoms with Crippen molar-refractivity contribution in [3.8, 4) is 0 Å². The molecule has 2 N–H and O–H groups in total. The van der Waals surface area contributed by atoms with Crippen LogP contribution in [0.25, 0.3) is 0 Å². The number of carboxylic acids is 1. The second kappa shape index (κ2) is 9.27. The number of rotatable bonds is 10. The van der Waals surface area contributed by atoms with E-state index >= 15 is 0 Å². The summed E-state index contributed by atoms with van der Waals surface area (Å²) >= 11 is 0. The van der Waals surface area contributed by atoms with Crippen LogP contribution >= 0.6 is 0 Å². The predicted molar refractivity (Wildman–Crippen MR) is 120 cm³/mol. The highest BCUT2D eigenvalue weighted by Crippen LogP contribution is 2.59. The first kappa shape index (κ1) is 23.4. The van der Waals surface area contributed by atoms with Crippen molar-refractivity contribution < 1.29 is 29.3 Å². The number of aliphatic carboxylic acids is 1. The number of carbonyl (C=O) groups is 3. The number of fused-ring (bicyclic) bond motifs is 1. The van der Waals surface area contributed by atoms with E-state index < -0.39 is 47.5 Å². The van der Waals surface area contributed by atoms with E-state index in [1.165, 1.54) is 4.90 Å².